The fourth-order valence-corrected chi connectivity index (χ4v) is 2.48. The number of aliphatic carboxylic acids is 1. The number of urea groups is 1. The molecule has 2 amide bonds. The first-order valence-electron chi connectivity index (χ1n) is 7.05. The van der Waals surface area contributed by atoms with Crippen molar-refractivity contribution in [2.45, 2.75) is 31.7 Å². The van der Waals surface area contributed by atoms with Gasteiger partial charge in [-0.2, -0.15) is 0 Å². The van der Waals surface area contributed by atoms with Crippen LogP contribution < -0.4 is 10.1 Å². The second kappa shape index (κ2) is 6.97. The van der Waals surface area contributed by atoms with Crippen molar-refractivity contribution in [3.8, 4) is 5.75 Å². The average Bonchev–Trinajstić information content (AvgIpc) is 2.98. The molecule has 114 valence electrons. The Hall–Kier alpha value is -2.24. The Labute approximate surface area is 123 Å². The normalized spacial score (nSPS) is 14.7. The summed E-state index contributed by atoms with van der Waals surface area (Å²) in [7, 11) is 1.80. The van der Waals surface area contributed by atoms with Gasteiger partial charge in [0.2, 0.25) is 0 Å². The van der Waals surface area contributed by atoms with Gasteiger partial charge in [-0.1, -0.05) is 18.9 Å². The molecule has 0 bridgehead atoms. The van der Waals surface area contributed by atoms with Crippen LogP contribution in [0.1, 0.15) is 25.7 Å². The van der Waals surface area contributed by atoms with Crippen LogP contribution in [0.4, 0.5) is 10.5 Å². The van der Waals surface area contributed by atoms with Gasteiger partial charge >= 0.3 is 12.0 Å². The lowest BCUT2D eigenvalue weighted by molar-refractivity contribution is -0.139. The minimum Gasteiger partial charge on any atom is -0.482 e. The third-order valence-corrected chi connectivity index (χ3v) is 3.64. The van der Waals surface area contributed by atoms with E-state index in [9.17, 15) is 9.59 Å². The number of carbonyl (C=O) groups is 2. The summed E-state index contributed by atoms with van der Waals surface area (Å²) in [6, 6.07) is 6.87. The van der Waals surface area contributed by atoms with Gasteiger partial charge in [0.05, 0.1) is 0 Å². The molecule has 0 atom stereocenters. The Morgan fingerprint density at radius 3 is 2.76 bits per heavy atom. The van der Waals surface area contributed by atoms with Crippen LogP contribution >= 0.6 is 0 Å². The summed E-state index contributed by atoms with van der Waals surface area (Å²) in [6.07, 6.45) is 4.43. The number of carbonyl (C=O) groups excluding carboxylic acids is 1. The van der Waals surface area contributed by atoms with Gasteiger partial charge in [0.25, 0.3) is 0 Å². The van der Waals surface area contributed by atoms with Gasteiger partial charge in [-0.05, 0) is 25.0 Å². The van der Waals surface area contributed by atoms with Crippen LogP contribution in [-0.4, -0.2) is 41.7 Å². The molecule has 0 heterocycles. The first-order valence-corrected chi connectivity index (χ1v) is 7.05. The van der Waals surface area contributed by atoms with E-state index in [-0.39, 0.29) is 6.03 Å². The summed E-state index contributed by atoms with van der Waals surface area (Å²) in [6.45, 7) is -0.403. The number of nitrogens with zero attached hydrogens (tertiary/aromatic N) is 1. The van der Waals surface area contributed by atoms with Crippen molar-refractivity contribution in [3.05, 3.63) is 24.3 Å². The minimum absolute atomic E-state index is 0.155. The third-order valence-electron chi connectivity index (χ3n) is 3.64. The predicted molar refractivity (Wildman–Crippen MR) is 78.6 cm³/mol. The number of ether oxygens (including phenoxy) is 1. The topological polar surface area (TPSA) is 78.9 Å². The highest BCUT2D eigenvalue weighted by Gasteiger charge is 2.23. The lowest BCUT2D eigenvalue weighted by Crippen LogP contribution is -2.38. The number of hydrogen-bond donors (Lipinski definition) is 2. The van der Waals surface area contributed by atoms with Crippen molar-refractivity contribution in [1.82, 2.24) is 4.90 Å². The highest BCUT2D eigenvalue weighted by Crippen LogP contribution is 2.23. The molecule has 6 nitrogen and oxygen atoms in total. The number of anilines is 1. The van der Waals surface area contributed by atoms with Gasteiger partial charge < -0.3 is 20.1 Å². The molecule has 2 N–H and O–H groups in total. The van der Waals surface area contributed by atoms with Crippen LogP contribution in [0.15, 0.2) is 24.3 Å². The Balaban J connectivity index is 1.93. The molecule has 0 aliphatic heterocycles. The first kappa shape index (κ1) is 15.2. The Morgan fingerprint density at radius 2 is 2.10 bits per heavy atom. The largest absolute Gasteiger partial charge is 0.482 e. The lowest BCUT2D eigenvalue weighted by atomic mass is 10.2. The van der Waals surface area contributed by atoms with Crippen LogP contribution in [0.5, 0.6) is 5.75 Å². The highest BCUT2D eigenvalue weighted by molar-refractivity contribution is 5.89. The van der Waals surface area contributed by atoms with Crippen LogP contribution in [0.2, 0.25) is 0 Å². The average molecular weight is 292 g/mol. The number of hydrogen-bond acceptors (Lipinski definition) is 3. The SMILES string of the molecule is CN(C(=O)Nc1cccc(OCC(=O)O)c1)C1CCCC1. The summed E-state index contributed by atoms with van der Waals surface area (Å²) >= 11 is 0. The molecule has 1 saturated carbocycles. The van der Waals surface area contributed by atoms with Gasteiger partial charge in [0.15, 0.2) is 6.61 Å². The van der Waals surface area contributed by atoms with Crippen molar-refractivity contribution in [2.24, 2.45) is 0 Å². The Bertz CT molecular complexity index is 512. The summed E-state index contributed by atoms with van der Waals surface area (Å²) < 4.78 is 5.09. The van der Waals surface area contributed by atoms with Gasteiger partial charge in [0, 0.05) is 24.8 Å². The number of amides is 2. The van der Waals surface area contributed by atoms with E-state index in [2.05, 4.69) is 5.32 Å². The highest BCUT2D eigenvalue weighted by atomic mass is 16.5. The number of nitrogens with one attached hydrogen (secondary N) is 1. The molecule has 1 aliphatic carbocycles. The van der Waals surface area contributed by atoms with Crippen molar-refractivity contribution >= 4 is 17.7 Å². The van der Waals surface area contributed by atoms with E-state index in [1.165, 1.54) is 12.8 Å². The zero-order valence-corrected chi connectivity index (χ0v) is 12.0. The molecule has 1 aromatic carbocycles. The maximum atomic E-state index is 12.2. The molecule has 1 aromatic rings. The van der Waals surface area contributed by atoms with Crippen LogP contribution in [0.25, 0.3) is 0 Å². The van der Waals surface area contributed by atoms with E-state index in [0.717, 1.165) is 12.8 Å². The summed E-state index contributed by atoms with van der Waals surface area (Å²) in [5.41, 5.74) is 0.590. The van der Waals surface area contributed by atoms with E-state index in [4.69, 9.17) is 9.84 Å². The first-order chi connectivity index (χ1) is 10.1. The fraction of sp³-hybridized carbons (Fsp3) is 0.467. The quantitative estimate of drug-likeness (QED) is 0.874. The van der Waals surface area contributed by atoms with E-state index in [0.29, 0.717) is 17.5 Å². The molecule has 0 radical (unpaired) electrons. The molecule has 2 rings (SSSR count). The second-order valence-corrected chi connectivity index (χ2v) is 5.19. The van der Waals surface area contributed by atoms with Gasteiger partial charge in [-0.15, -0.1) is 0 Å². The molecular weight excluding hydrogens is 272 g/mol. The van der Waals surface area contributed by atoms with Crippen LogP contribution in [0, 0.1) is 0 Å². The van der Waals surface area contributed by atoms with E-state index >= 15 is 0 Å². The number of carboxylic acids is 1. The molecule has 0 unspecified atom stereocenters. The van der Waals surface area contributed by atoms with Crippen LogP contribution in [-0.2, 0) is 4.79 Å². The molecular formula is C15H20N2O4. The maximum absolute atomic E-state index is 12.2. The minimum atomic E-state index is -1.04. The van der Waals surface area contributed by atoms with Gasteiger partial charge in [-0.25, -0.2) is 9.59 Å². The van der Waals surface area contributed by atoms with Crippen molar-refractivity contribution in [2.75, 3.05) is 19.0 Å². The van der Waals surface area contributed by atoms with Crippen molar-refractivity contribution in [3.63, 3.8) is 0 Å². The summed E-state index contributed by atoms with van der Waals surface area (Å²) in [5, 5.41) is 11.4. The lowest BCUT2D eigenvalue weighted by Gasteiger charge is -2.24. The summed E-state index contributed by atoms with van der Waals surface area (Å²) in [4.78, 5) is 24.4. The second-order valence-electron chi connectivity index (χ2n) is 5.19. The third kappa shape index (κ3) is 4.37. The number of carboxylic acid groups (broad SMARTS) is 1. The smallest absolute Gasteiger partial charge is 0.341 e. The molecule has 0 saturated heterocycles. The maximum Gasteiger partial charge on any atom is 0.341 e. The zero-order chi connectivity index (χ0) is 15.2. The van der Waals surface area contributed by atoms with Gasteiger partial charge in [-0.3, -0.25) is 0 Å². The van der Waals surface area contributed by atoms with Gasteiger partial charge in [0.1, 0.15) is 5.75 Å². The fourth-order valence-electron chi connectivity index (χ4n) is 2.48. The number of rotatable bonds is 5. The summed E-state index contributed by atoms with van der Waals surface area (Å²) in [5.74, 6) is -0.621. The van der Waals surface area contributed by atoms with E-state index < -0.39 is 12.6 Å². The standard InChI is InChI=1S/C15H20N2O4/c1-17(12-6-2-3-7-12)15(20)16-11-5-4-8-13(9-11)21-10-14(18)19/h4-5,8-9,12H,2-3,6-7,10H2,1H3,(H,16,20)(H,18,19). The van der Waals surface area contributed by atoms with Crippen molar-refractivity contribution < 1.29 is 19.4 Å². The molecule has 21 heavy (non-hydrogen) atoms. The molecule has 0 spiro atoms. The molecule has 6 heteroatoms. The molecule has 1 fully saturated rings. The predicted octanol–water partition coefficient (Wildman–Crippen LogP) is 2.56. The monoisotopic (exact) mass is 292 g/mol. The van der Waals surface area contributed by atoms with E-state index in [1.54, 1.807) is 36.2 Å². The Kier molecular flexibility index (Phi) is 5.03. The van der Waals surface area contributed by atoms with E-state index in [1.807, 2.05) is 0 Å². The Morgan fingerprint density at radius 1 is 1.38 bits per heavy atom. The molecule has 0 aromatic heterocycles. The zero-order valence-electron chi connectivity index (χ0n) is 12.0. The van der Waals surface area contributed by atoms with Crippen LogP contribution in [0.3, 0.4) is 0 Å². The molecule has 1 aliphatic rings. The van der Waals surface area contributed by atoms with Crippen molar-refractivity contribution in [1.29, 1.82) is 0 Å². The number of benzene rings is 1.